The number of rotatable bonds is 1. The van der Waals surface area contributed by atoms with Crippen LogP contribution in [0.2, 0.25) is 0 Å². The average Bonchev–Trinajstić information content (AvgIpc) is 2.66. The van der Waals surface area contributed by atoms with E-state index in [2.05, 4.69) is 18.8 Å². The molecular weight excluding hydrogens is 327 g/mol. The summed E-state index contributed by atoms with van der Waals surface area (Å²) in [5.74, 6) is 6.93. The lowest BCUT2D eigenvalue weighted by atomic mass is 9.95. The van der Waals surface area contributed by atoms with E-state index in [4.69, 9.17) is 4.98 Å². The van der Waals surface area contributed by atoms with Crippen molar-refractivity contribution in [3.63, 3.8) is 0 Å². The van der Waals surface area contributed by atoms with Crippen molar-refractivity contribution in [2.75, 3.05) is 0 Å². The van der Waals surface area contributed by atoms with E-state index >= 15 is 0 Å². The van der Waals surface area contributed by atoms with Gasteiger partial charge in [-0.25, -0.2) is 9.37 Å². The second-order valence-electron chi connectivity index (χ2n) is 6.67. The van der Waals surface area contributed by atoms with Gasteiger partial charge in [-0.2, -0.15) is 0 Å². The van der Waals surface area contributed by atoms with Crippen LogP contribution in [0.5, 0.6) is 0 Å². The van der Waals surface area contributed by atoms with Gasteiger partial charge in [0.15, 0.2) is 0 Å². The van der Waals surface area contributed by atoms with E-state index in [1.54, 1.807) is 18.2 Å². The van der Waals surface area contributed by atoms with Crippen LogP contribution < -0.4 is 5.56 Å². The molecule has 0 spiro atoms. The summed E-state index contributed by atoms with van der Waals surface area (Å²) >= 11 is 0. The zero-order chi connectivity index (χ0) is 18.1. The first-order valence-corrected chi connectivity index (χ1v) is 8.98. The van der Waals surface area contributed by atoms with Gasteiger partial charge in [-0.3, -0.25) is 9.36 Å². The number of halogens is 1. The molecule has 0 saturated heterocycles. The van der Waals surface area contributed by atoms with Crippen LogP contribution in [-0.4, -0.2) is 9.55 Å². The van der Waals surface area contributed by atoms with Gasteiger partial charge < -0.3 is 0 Å². The molecule has 1 unspecified atom stereocenters. The van der Waals surface area contributed by atoms with Crippen LogP contribution in [0.4, 0.5) is 4.39 Å². The first-order chi connectivity index (χ1) is 12.7. The number of benzene rings is 2. The van der Waals surface area contributed by atoms with Gasteiger partial charge in [-0.15, -0.1) is 0 Å². The van der Waals surface area contributed by atoms with Gasteiger partial charge in [-0.05, 0) is 55.7 Å². The lowest BCUT2D eigenvalue weighted by molar-refractivity contribution is 0.420. The number of nitrogens with zero attached hydrogens (tertiary/aromatic N) is 2. The fourth-order valence-electron chi connectivity index (χ4n) is 3.57. The Morgan fingerprint density at radius 1 is 1.19 bits per heavy atom. The maximum absolute atomic E-state index is 13.3. The van der Waals surface area contributed by atoms with Crippen LogP contribution in [0.3, 0.4) is 0 Å². The number of fused-ring (bicyclic) bond motifs is 2. The molecule has 0 aliphatic carbocycles. The van der Waals surface area contributed by atoms with Gasteiger partial charge in [0, 0.05) is 23.6 Å². The predicted octanol–water partition coefficient (Wildman–Crippen LogP) is 4.22. The van der Waals surface area contributed by atoms with Crippen molar-refractivity contribution in [2.45, 2.75) is 38.6 Å². The highest BCUT2D eigenvalue weighted by molar-refractivity contribution is 5.79. The topological polar surface area (TPSA) is 34.9 Å². The van der Waals surface area contributed by atoms with E-state index in [-0.39, 0.29) is 11.4 Å². The minimum Gasteiger partial charge on any atom is -0.296 e. The minimum absolute atomic E-state index is 0.0350. The van der Waals surface area contributed by atoms with Crippen LogP contribution in [0.1, 0.15) is 49.1 Å². The van der Waals surface area contributed by atoms with E-state index in [0.29, 0.717) is 22.4 Å². The Hall–Kier alpha value is -2.93. The third kappa shape index (κ3) is 3.01. The normalized spacial score (nSPS) is 16.0. The summed E-state index contributed by atoms with van der Waals surface area (Å²) in [5, 5.41) is 0.627. The molecule has 2 heterocycles. The van der Waals surface area contributed by atoms with Crippen molar-refractivity contribution < 1.29 is 4.39 Å². The molecular formula is C22H19FN2O. The Morgan fingerprint density at radius 3 is 2.77 bits per heavy atom. The molecule has 130 valence electrons. The quantitative estimate of drug-likeness (QED) is 0.618. The molecule has 0 fully saturated rings. The molecule has 1 aromatic heterocycles. The van der Waals surface area contributed by atoms with E-state index in [1.807, 2.05) is 16.7 Å². The number of hydrogen-bond acceptors (Lipinski definition) is 2. The van der Waals surface area contributed by atoms with Gasteiger partial charge in [0.05, 0.1) is 10.9 Å². The van der Waals surface area contributed by atoms with E-state index in [0.717, 1.165) is 37.2 Å². The standard InChI is InChI=1S/C22H19FN2O/c1-2-17-6-4-12-25-21(17)24-20-14-16(10-11-19(20)22(25)26)9-8-15-5-3-7-18(23)13-15/h3,5,7,10-11,13-14,17H,2,4,6,12H2,1H3. The molecule has 4 rings (SSSR count). The van der Waals surface area contributed by atoms with Gasteiger partial charge in [0.25, 0.3) is 5.56 Å². The first-order valence-electron chi connectivity index (χ1n) is 8.98. The van der Waals surface area contributed by atoms with Crippen molar-refractivity contribution in [3.05, 3.63) is 75.6 Å². The zero-order valence-electron chi connectivity index (χ0n) is 14.6. The molecule has 2 aromatic carbocycles. The van der Waals surface area contributed by atoms with Crippen molar-refractivity contribution >= 4 is 10.9 Å². The maximum Gasteiger partial charge on any atom is 0.261 e. The Labute approximate surface area is 151 Å². The summed E-state index contributed by atoms with van der Waals surface area (Å²) in [6, 6.07) is 11.7. The summed E-state index contributed by atoms with van der Waals surface area (Å²) in [6.45, 7) is 2.88. The summed E-state index contributed by atoms with van der Waals surface area (Å²) in [7, 11) is 0. The maximum atomic E-state index is 13.3. The van der Waals surface area contributed by atoms with Crippen molar-refractivity contribution in [2.24, 2.45) is 0 Å². The largest absolute Gasteiger partial charge is 0.296 e. The highest BCUT2D eigenvalue weighted by Gasteiger charge is 2.22. The smallest absolute Gasteiger partial charge is 0.261 e. The molecule has 0 saturated carbocycles. The second kappa shape index (κ2) is 6.76. The molecule has 1 aliphatic heterocycles. The summed E-state index contributed by atoms with van der Waals surface area (Å²) in [5.41, 5.74) is 2.11. The molecule has 0 bridgehead atoms. The highest BCUT2D eigenvalue weighted by Crippen LogP contribution is 2.28. The summed E-state index contributed by atoms with van der Waals surface area (Å²) in [6.07, 6.45) is 3.08. The monoisotopic (exact) mass is 346 g/mol. The third-order valence-corrected chi connectivity index (χ3v) is 4.95. The van der Waals surface area contributed by atoms with Crippen LogP contribution in [-0.2, 0) is 6.54 Å². The lowest BCUT2D eigenvalue weighted by Gasteiger charge is -2.25. The van der Waals surface area contributed by atoms with Crippen LogP contribution >= 0.6 is 0 Å². The average molecular weight is 346 g/mol. The Bertz CT molecular complexity index is 1100. The Kier molecular flexibility index (Phi) is 4.30. The minimum atomic E-state index is -0.303. The van der Waals surface area contributed by atoms with Crippen LogP contribution in [0.25, 0.3) is 10.9 Å². The molecule has 4 heteroatoms. The molecule has 0 N–H and O–H groups in total. The van der Waals surface area contributed by atoms with Crippen LogP contribution in [0.15, 0.2) is 47.3 Å². The molecule has 26 heavy (non-hydrogen) atoms. The van der Waals surface area contributed by atoms with Gasteiger partial charge in [0.2, 0.25) is 0 Å². The van der Waals surface area contributed by atoms with Gasteiger partial charge >= 0.3 is 0 Å². The molecule has 3 aromatic rings. The molecule has 0 amide bonds. The van der Waals surface area contributed by atoms with Gasteiger partial charge in [-0.1, -0.05) is 24.8 Å². The predicted molar refractivity (Wildman–Crippen MR) is 101 cm³/mol. The fraction of sp³-hybridized carbons (Fsp3) is 0.273. The Balaban J connectivity index is 1.79. The molecule has 3 nitrogen and oxygen atoms in total. The van der Waals surface area contributed by atoms with Crippen molar-refractivity contribution in [3.8, 4) is 11.8 Å². The highest BCUT2D eigenvalue weighted by atomic mass is 19.1. The second-order valence-corrected chi connectivity index (χ2v) is 6.67. The summed E-state index contributed by atoms with van der Waals surface area (Å²) < 4.78 is 15.1. The van der Waals surface area contributed by atoms with Crippen molar-refractivity contribution in [1.29, 1.82) is 0 Å². The SMILES string of the molecule is CCC1CCCn2c1nc1cc(C#Cc3cccc(F)c3)ccc1c2=O. The number of hydrogen-bond donors (Lipinski definition) is 0. The first kappa shape index (κ1) is 16.5. The zero-order valence-corrected chi connectivity index (χ0v) is 14.6. The molecule has 0 radical (unpaired) electrons. The van der Waals surface area contributed by atoms with E-state index in [1.165, 1.54) is 12.1 Å². The fourth-order valence-corrected chi connectivity index (χ4v) is 3.57. The van der Waals surface area contributed by atoms with E-state index < -0.39 is 0 Å². The third-order valence-electron chi connectivity index (χ3n) is 4.95. The summed E-state index contributed by atoms with van der Waals surface area (Å²) in [4.78, 5) is 17.6. The van der Waals surface area contributed by atoms with Gasteiger partial charge in [0.1, 0.15) is 11.6 Å². The number of aromatic nitrogens is 2. The lowest BCUT2D eigenvalue weighted by Crippen LogP contribution is -2.30. The van der Waals surface area contributed by atoms with Crippen LogP contribution in [0, 0.1) is 17.7 Å². The van der Waals surface area contributed by atoms with Crippen molar-refractivity contribution in [1.82, 2.24) is 9.55 Å². The Morgan fingerprint density at radius 2 is 2.00 bits per heavy atom. The molecule has 1 aliphatic rings. The molecule has 1 atom stereocenters. The van der Waals surface area contributed by atoms with E-state index in [9.17, 15) is 9.18 Å².